The van der Waals surface area contributed by atoms with E-state index in [2.05, 4.69) is 0 Å². The number of hydrogen-bond donors (Lipinski definition) is 0. The molecule has 2 rings (SSSR count). The highest BCUT2D eigenvalue weighted by molar-refractivity contribution is 5.56. The Kier molecular flexibility index (Phi) is 4.07. The van der Waals surface area contributed by atoms with E-state index in [1.54, 1.807) is 26.8 Å². The maximum absolute atomic E-state index is 11.2. The van der Waals surface area contributed by atoms with Gasteiger partial charge in [0.2, 0.25) is 5.75 Å². The Morgan fingerprint density at radius 1 is 0.864 bits per heavy atom. The molecule has 0 aliphatic carbocycles. The summed E-state index contributed by atoms with van der Waals surface area (Å²) < 4.78 is 5.61. The van der Waals surface area contributed by atoms with Gasteiger partial charge in [-0.25, -0.2) is 0 Å². The van der Waals surface area contributed by atoms with Crippen molar-refractivity contribution in [2.75, 3.05) is 0 Å². The Hall–Kier alpha value is -2.96. The summed E-state index contributed by atoms with van der Waals surface area (Å²) in [6.45, 7) is 5.06. The average Bonchev–Trinajstić information content (AvgIpc) is 2.40. The predicted octanol–water partition coefficient (Wildman–Crippen LogP) is 4.22. The fraction of sp³-hybridized carbons (Fsp3) is 0.200. The van der Waals surface area contributed by atoms with Crippen LogP contribution in [0.4, 0.5) is 11.4 Å². The zero-order chi connectivity index (χ0) is 16.4. The van der Waals surface area contributed by atoms with Crippen molar-refractivity contribution in [3.63, 3.8) is 0 Å². The van der Waals surface area contributed by atoms with Crippen molar-refractivity contribution in [3.05, 3.63) is 67.3 Å². The normalized spacial score (nSPS) is 10.3. The van der Waals surface area contributed by atoms with E-state index in [1.165, 1.54) is 24.3 Å². The minimum atomic E-state index is -0.506. The van der Waals surface area contributed by atoms with E-state index in [9.17, 15) is 20.2 Å². The third-order valence-corrected chi connectivity index (χ3v) is 3.18. The second-order valence-corrected chi connectivity index (χ2v) is 4.99. The van der Waals surface area contributed by atoms with Crippen LogP contribution in [0.5, 0.6) is 11.5 Å². The minimum Gasteiger partial charge on any atom is -0.450 e. The van der Waals surface area contributed by atoms with E-state index in [1.807, 2.05) is 0 Å². The minimum absolute atomic E-state index is 0.0255. The van der Waals surface area contributed by atoms with Gasteiger partial charge in [0.1, 0.15) is 5.75 Å². The van der Waals surface area contributed by atoms with E-state index < -0.39 is 9.85 Å². The van der Waals surface area contributed by atoms with Gasteiger partial charge in [-0.05, 0) is 44.0 Å². The van der Waals surface area contributed by atoms with Gasteiger partial charge in [0.05, 0.1) is 9.85 Å². The van der Waals surface area contributed by atoms with Crippen LogP contribution in [0, 0.1) is 41.0 Å². The highest BCUT2D eigenvalue weighted by atomic mass is 16.6. The van der Waals surface area contributed by atoms with Crippen molar-refractivity contribution in [1.82, 2.24) is 0 Å². The summed E-state index contributed by atoms with van der Waals surface area (Å²) in [4.78, 5) is 21.0. The van der Waals surface area contributed by atoms with Crippen LogP contribution in [-0.2, 0) is 0 Å². The average molecular weight is 302 g/mol. The molecule has 0 radical (unpaired) electrons. The Morgan fingerprint density at radius 3 is 2.05 bits per heavy atom. The molecular weight excluding hydrogens is 288 g/mol. The molecule has 2 aromatic rings. The molecule has 0 N–H and O–H groups in total. The molecule has 0 fully saturated rings. The quantitative estimate of drug-likeness (QED) is 0.622. The van der Waals surface area contributed by atoms with E-state index in [4.69, 9.17) is 4.74 Å². The summed E-state index contributed by atoms with van der Waals surface area (Å²) in [5.41, 5.74) is 1.66. The summed E-state index contributed by atoms with van der Waals surface area (Å²) >= 11 is 0. The number of benzene rings is 2. The van der Waals surface area contributed by atoms with Crippen molar-refractivity contribution in [3.8, 4) is 11.5 Å². The second kappa shape index (κ2) is 5.80. The van der Waals surface area contributed by atoms with Crippen LogP contribution in [0.3, 0.4) is 0 Å². The van der Waals surface area contributed by atoms with Crippen molar-refractivity contribution in [1.29, 1.82) is 0 Å². The molecule has 0 spiro atoms. The first-order chi connectivity index (χ1) is 10.3. The predicted molar refractivity (Wildman–Crippen MR) is 80.5 cm³/mol. The molecule has 0 aliphatic heterocycles. The summed E-state index contributed by atoms with van der Waals surface area (Å²) in [6, 6.07) is 7.44. The number of aryl methyl sites for hydroxylation is 3. The number of nitrogens with zero attached hydrogens (tertiary/aromatic N) is 2. The van der Waals surface area contributed by atoms with Crippen LogP contribution in [0.15, 0.2) is 30.3 Å². The summed E-state index contributed by atoms with van der Waals surface area (Å²) in [5.74, 6) is 0.460. The smallest absolute Gasteiger partial charge is 0.312 e. The third kappa shape index (κ3) is 3.03. The summed E-state index contributed by atoms with van der Waals surface area (Å²) in [6.07, 6.45) is 0. The van der Waals surface area contributed by atoms with Crippen molar-refractivity contribution < 1.29 is 14.6 Å². The lowest BCUT2D eigenvalue weighted by molar-refractivity contribution is -0.385. The lowest BCUT2D eigenvalue weighted by Crippen LogP contribution is -1.98. The molecule has 0 bridgehead atoms. The first-order valence-corrected chi connectivity index (χ1v) is 6.48. The number of nitro benzene ring substituents is 2. The molecule has 114 valence electrons. The summed E-state index contributed by atoms with van der Waals surface area (Å²) in [5, 5.41) is 22.0. The molecular formula is C15H14N2O5. The molecule has 0 saturated carbocycles. The van der Waals surface area contributed by atoms with Crippen LogP contribution in [0.25, 0.3) is 0 Å². The SMILES string of the molecule is Cc1cc(C)c(Oc2ccc([N+](=O)[O-])c(C)c2)c([N+](=O)[O-])c1. The molecule has 0 aromatic heterocycles. The molecule has 2 aromatic carbocycles. The largest absolute Gasteiger partial charge is 0.450 e. The van der Waals surface area contributed by atoms with Gasteiger partial charge >= 0.3 is 5.69 Å². The van der Waals surface area contributed by atoms with Crippen LogP contribution in [-0.4, -0.2) is 9.85 Å². The topological polar surface area (TPSA) is 95.5 Å². The Balaban J connectivity index is 2.45. The van der Waals surface area contributed by atoms with Gasteiger partial charge in [0, 0.05) is 17.7 Å². The van der Waals surface area contributed by atoms with Crippen LogP contribution < -0.4 is 4.74 Å². The molecule has 0 unspecified atom stereocenters. The van der Waals surface area contributed by atoms with Gasteiger partial charge in [-0.3, -0.25) is 20.2 Å². The van der Waals surface area contributed by atoms with E-state index in [0.29, 0.717) is 16.9 Å². The third-order valence-electron chi connectivity index (χ3n) is 3.18. The molecule has 7 heteroatoms. The lowest BCUT2D eigenvalue weighted by atomic mass is 10.1. The fourth-order valence-electron chi connectivity index (χ4n) is 2.21. The number of ether oxygens (including phenoxy) is 1. The highest BCUT2D eigenvalue weighted by Crippen LogP contribution is 2.36. The maximum Gasteiger partial charge on any atom is 0.312 e. The number of rotatable bonds is 4. The standard InChI is InChI=1S/C15H14N2O5/c1-9-6-11(3)15(14(7-9)17(20)21)22-12-4-5-13(16(18)19)10(2)8-12/h4-8H,1-3H3. The van der Waals surface area contributed by atoms with Crippen LogP contribution in [0.1, 0.15) is 16.7 Å². The van der Waals surface area contributed by atoms with E-state index in [0.717, 1.165) is 5.56 Å². The molecule has 0 atom stereocenters. The zero-order valence-electron chi connectivity index (χ0n) is 12.3. The van der Waals surface area contributed by atoms with Gasteiger partial charge in [0.15, 0.2) is 0 Å². The molecule has 7 nitrogen and oxygen atoms in total. The second-order valence-electron chi connectivity index (χ2n) is 4.99. The lowest BCUT2D eigenvalue weighted by Gasteiger charge is -2.10. The van der Waals surface area contributed by atoms with Gasteiger partial charge in [-0.15, -0.1) is 0 Å². The molecule has 0 heterocycles. The van der Waals surface area contributed by atoms with E-state index >= 15 is 0 Å². The van der Waals surface area contributed by atoms with Crippen molar-refractivity contribution >= 4 is 11.4 Å². The Morgan fingerprint density at radius 2 is 1.50 bits per heavy atom. The van der Waals surface area contributed by atoms with E-state index in [-0.39, 0.29) is 17.1 Å². The number of nitro groups is 2. The van der Waals surface area contributed by atoms with Crippen LogP contribution in [0.2, 0.25) is 0 Å². The van der Waals surface area contributed by atoms with Crippen molar-refractivity contribution in [2.45, 2.75) is 20.8 Å². The summed E-state index contributed by atoms with van der Waals surface area (Å²) in [7, 11) is 0. The first-order valence-electron chi connectivity index (χ1n) is 6.48. The zero-order valence-corrected chi connectivity index (χ0v) is 12.3. The molecule has 22 heavy (non-hydrogen) atoms. The highest BCUT2D eigenvalue weighted by Gasteiger charge is 2.20. The van der Waals surface area contributed by atoms with Gasteiger partial charge in [-0.1, -0.05) is 6.07 Å². The molecule has 0 aliphatic rings. The first kappa shape index (κ1) is 15.4. The molecule has 0 saturated heterocycles. The van der Waals surface area contributed by atoms with Crippen LogP contribution >= 0.6 is 0 Å². The maximum atomic E-state index is 11.2. The van der Waals surface area contributed by atoms with Gasteiger partial charge in [0.25, 0.3) is 5.69 Å². The molecule has 0 amide bonds. The monoisotopic (exact) mass is 302 g/mol. The van der Waals surface area contributed by atoms with Gasteiger partial charge in [-0.2, -0.15) is 0 Å². The fourth-order valence-corrected chi connectivity index (χ4v) is 2.21. The van der Waals surface area contributed by atoms with Crippen molar-refractivity contribution in [2.24, 2.45) is 0 Å². The van der Waals surface area contributed by atoms with Gasteiger partial charge < -0.3 is 4.74 Å². The Bertz CT molecular complexity index is 771. The number of hydrogen-bond acceptors (Lipinski definition) is 5. The Labute approximate surface area is 126 Å².